The number of nitrogens with zero attached hydrogens (tertiary/aromatic N) is 1. The van der Waals surface area contributed by atoms with Gasteiger partial charge in [-0.1, -0.05) is 42.5 Å². The lowest BCUT2D eigenvalue weighted by atomic mass is 10.1. The molecular weight excluding hydrogens is 430 g/mol. The number of aryl methyl sites for hydroxylation is 1. The van der Waals surface area contributed by atoms with Crippen molar-refractivity contribution >= 4 is 34.9 Å². The third-order valence-corrected chi connectivity index (χ3v) is 6.74. The van der Waals surface area contributed by atoms with E-state index in [4.69, 9.17) is 0 Å². The number of hydrogen-bond acceptors (Lipinski definition) is 4. The first-order valence-electron chi connectivity index (χ1n) is 11.3. The van der Waals surface area contributed by atoms with Crippen LogP contribution in [0.5, 0.6) is 0 Å². The van der Waals surface area contributed by atoms with Crippen molar-refractivity contribution < 1.29 is 9.59 Å². The maximum atomic E-state index is 13.0. The highest BCUT2D eigenvalue weighted by Gasteiger charge is 2.24. The van der Waals surface area contributed by atoms with Crippen LogP contribution in [-0.4, -0.2) is 30.9 Å². The Morgan fingerprint density at radius 3 is 2.67 bits per heavy atom. The Bertz CT molecular complexity index is 1150. The van der Waals surface area contributed by atoms with Gasteiger partial charge in [0.25, 0.3) is 11.8 Å². The lowest BCUT2D eigenvalue weighted by Crippen LogP contribution is -2.37. The highest BCUT2D eigenvalue weighted by Crippen LogP contribution is 2.31. The number of para-hydroxylation sites is 1. The molecule has 2 heterocycles. The molecule has 1 aromatic heterocycles. The zero-order chi connectivity index (χ0) is 23.2. The number of rotatable bonds is 8. The molecule has 0 unspecified atom stereocenters. The molecule has 2 aromatic carbocycles. The van der Waals surface area contributed by atoms with E-state index in [9.17, 15) is 9.59 Å². The first-order chi connectivity index (χ1) is 16.0. The maximum absolute atomic E-state index is 13.0. The SMILES string of the molecule is Cc1ccccc1C(=O)N/C(=C\c1cccs1)C(=O)NCCCN1c2ccccc2C[C@@H]1C. The second-order valence-electron chi connectivity index (χ2n) is 8.33. The number of nitrogens with one attached hydrogen (secondary N) is 2. The van der Waals surface area contributed by atoms with E-state index in [1.165, 1.54) is 22.6 Å². The highest BCUT2D eigenvalue weighted by atomic mass is 32.1. The molecule has 0 saturated carbocycles. The van der Waals surface area contributed by atoms with Gasteiger partial charge in [0.2, 0.25) is 0 Å². The molecule has 33 heavy (non-hydrogen) atoms. The normalized spacial score (nSPS) is 15.3. The molecule has 4 rings (SSSR count). The zero-order valence-corrected chi connectivity index (χ0v) is 19.8. The van der Waals surface area contributed by atoms with Crippen molar-refractivity contribution in [3.8, 4) is 0 Å². The Labute approximate surface area is 199 Å². The molecule has 5 nitrogen and oxygen atoms in total. The lowest BCUT2D eigenvalue weighted by Gasteiger charge is -2.25. The van der Waals surface area contributed by atoms with Gasteiger partial charge >= 0.3 is 0 Å². The van der Waals surface area contributed by atoms with Gasteiger partial charge in [0.15, 0.2) is 0 Å². The molecule has 170 valence electrons. The van der Waals surface area contributed by atoms with Crippen LogP contribution in [0.1, 0.15) is 39.7 Å². The summed E-state index contributed by atoms with van der Waals surface area (Å²) in [7, 11) is 0. The van der Waals surface area contributed by atoms with Gasteiger partial charge in [0.1, 0.15) is 5.70 Å². The molecule has 6 heteroatoms. The number of hydrogen-bond donors (Lipinski definition) is 2. The van der Waals surface area contributed by atoms with E-state index in [2.05, 4.69) is 46.7 Å². The Morgan fingerprint density at radius 2 is 1.88 bits per heavy atom. The summed E-state index contributed by atoms with van der Waals surface area (Å²) in [6.07, 6.45) is 3.61. The first-order valence-corrected chi connectivity index (χ1v) is 12.2. The molecule has 1 aliphatic rings. The van der Waals surface area contributed by atoms with Crippen LogP contribution in [0.2, 0.25) is 0 Å². The Morgan fingerprint density at radius 1 is 1.09 bits per heavy atom. The molecule has 0 spiro atoms. The van der Waals surface area contributed by atoms with Crippen LogP contribution in [0.3, 0.4) is 0 Å². The minimum Gasteiger partial charge on any atom is -0.368 e. The molecule has 1 aliphatic heterocycles. The molecule has 0 fully saturated rings. The van der Waals surface area contributed by atoms with Crippen molar-refractivity contribution in [3.05, 3.63) is 93.3 Å². The fourth-order valence-corrected chi connectivity index (χ4v) is 4.87. The van der Waals surface area contributed by atoms with Crippen molar-refractivity contribution in [1.82, 2.24) is 10.6 Å². The van der Waals surface area contributed by atoms with Crippen molar-refractivity contribution in [1.29, 1.82) is 0 Å². The number of carbonyl (C=O) groups is 2. The molecule has 0 saturated heterocycles. The first kappa shape index (κ1) is 22.8. The third-order valence-electron chi connectivity index (χ3n) is 5.92. The molecule has 0 bridgehead atoms. The van der Waals surface area contributed by atoms with Gasteiger partial charge < -0.3 is 15.5 Å². The maximum Gasteiger partial charge on any atom is 0.267 e. The van der Waals surface area contributed by atoms with Crippen LogP contribution in [0.4, 0.5) is 5.69 Å². The van der Waals surface area contributed by atoms with Crippen LogP contribution in [0.15, 0.2) is 71.7 Å². The van der Waals surface area contributed by atoms with E-state index < -0.39 is 0 Å². The van der Waals surface area contributed by atoms with E-state index in [0.29, 0.717) is 18.2 Å². The summed E-state index contributed by atoms with van der Waals surface area (Å²) in [5, 5.41) is 7.75. The molecular formula is C27H29N3O2S. The molecule has 3 aromatic rings. The van der Waals surface area contributed by atoms with Crippen molar-refractivity contribution in [2.24, 2.45) is 0 Å². The molecule has 0 radical (unpaired) electrons. The van der Waals surface area contributed by atoms with E-state index in [0.717, 1.165) is 29.8 Å². The second-order valence-corrected chi connectivity index (χ2v) is 9.31. The van der Waals surface area contributed by atoms with Gasteiger partial charge in [0, 0.05) is 35.3 Å². The zero-order valence-electron chi connectivity index (χ0n) is 19.0. The summed E-state index contributed by atoms with van der Waals surface area (Å²) < 4.78 is 0. The molecule has 2 amide bonds. The summed E-state index contributed by atoms with van der Waals surface area (Å²) in [6, 6.07) is 20.2. The Hall–Kier alpha value is -3.38. The van der Waals surface area contributed by atoms with E-state index >= 15 is 0 Å². The van der Waals surface area contributed by atoms with Crippen molar-refractivity contribution in [2.75, 3.05) is 18.0 Å². The molecule has 0 aliphatic carbocycles. The van der Waals surface area contributed by atoms with E-state index in [1.807, 2.05) is 42.6 Å². The van der Waals surface area contributed by atoms with Gasteiger partial charge in [-0.3, -0.25) is 9.59 Å². The quantitative estimate of drug-likeness (QED) is 0.376. The predicted molar refractivity (Wildman–Crippen MR) is 136 cm³/mol. The average molecular weight is 460 g/mol. The Kier molecular flexibility index (Phi) is 7.25. The minimum atomic E-state index is -0.284. The Balaban J connectivity index is 1.38. The number of fused-ring (bicyclic) bond motifs is 1. The topological polar surface area (TPSA) is 61.4 Å². The van der Waals surface area contributed by atoms with Crippen LogP contribution in [-0.2, 0) is 11.2 Å². The number of benzene rings is 2. The fraction of sp³-hybridized carbons (Fsp3) is 0.259. The average Bonchev–Trinajstić information content (AvgIpc) is 3.43. The van der Waals surface area contributed by atoms with E-state index in [-0.39, 0.29) is 17.5 Å². The van der Waals surface area contributed by atoms with Gasteiger partial charge in [-0.2, -0.15) is 0 Å². The summed E-state index contributed by atoms with van der Waals surface area (Å²) >= 11 is 1.52. The van der Waals surface area contributed by atoms with Gasteiger partial charge in [0.05, 0.1) is 0 Å². The summed E-state index contributed by atoms with van der Waals surface area (Å²) in [5.41, 5.74) is 4.36. The highest BCUT2D eigenvalue weighted by molar-refractivity contribution is 7.10. The second kappa shape index (κ2) is 10.5. The fourth-order valence-electron chi connectivity index (χ4n) is 4.21. The lowest BCUT2D eigenvalue weighted by molar-refractivity contribution is -0.117. The standard InChI is InChI=1S/C27H29N3O2S/c1-19-9-3-5-12-23(19)26(31)29-24(18-22-11-7-16-33-22)27(32)28-14-8-15-30-20(2)17-21-10-4-6-13-25(21)30/h3-7,9-13,16,18,20H,8,14-15,17H2,1-2H3,(H,28,32)(H,29,31)/b24-18-/t20-/m0/s1. The van der Waals surface area contributed by atoms with Crippen LogP contribution >= 0.6 is 11.3 Å². The minimum absolute atomic E-state index is 0.255. The summed E-state index contributed by atoms with van der Waals surface area (Å²) in [5.74, 6) is -0.561. The van der Waals surface area contributed by atoms with Crippen LogP contribution in [0, 0.1) is 6.92 Å². The van der Waals surface area contributed by atoms with Crippen LogP contribution in [0.25, 0.3) is 6.08 Å². The van der Waals surface area contributed by atoms with Crippen molar-refractivity contribution in [3.63, 3.8) is 0 Å². The summed E-state index contributed by atoms with van der Waals surface area (Å²) in [6.45, 7) is 5.53. The monoisotopic (exact) mass is 459 g/mol. The molecule has 1 atom stereocenters. The molecule has 2 N–H and O–H groups in total. The number of amides is 2. The van der Waals surface area contributed by atoms with Gasteiger partial charge in [-0.25, -0.2) is 0 Å². The van der Waals surface area contributed by atoms with E-state index in [1.54, 1.807) is 12.1 Å². The third kappa shape index (κ3) is 5.52. The number of carbonyl (C=O) groups excluding carboxylic acids is 2. The number of thiophene rings is 1. The largest absolute Gasteiger partial charge is 0.368 e. The smallest absolute Gasteiger partial charge is 0.267 e. The van der Waals surface area contributed by atoms with Crippen LogP contribution < -0.4 is 15.5 Å². The number of anilines is 1. The predicted octanol–water partition coefficient (Wildman–Crippen LogP) is 4.78. The van der Waals surface area contributed by atoms with Gasteiger partial charge in [-0.15, -0.1) is 11.3 Å². The van der Waals surface area contributed by atoms with Crippen molar-refractivity contribution in [2.45, 2.75) is 32.7 Å². The van der Waals surface area contributed by atoms with Gasteiger partial charge in [-0.05, 0) is 67.5 Å². The summed E-state index contributed by atoms with van der Waals surface area (Å²) in [4.78, 5) is 29.1.